The molecule has 0 aliphatic heterocycles. The normalized spacial score (nSPS) is 21.0. The second kappa shape index (κ2) is 6.46. The highest BCUT2D eigenvalue weighted by Gasteiger charge is 2.31. The highest BCUT2D eigenvalue weighted by molar-refractivity contribution is 7.88. The van der Waals surface area contributed by atoms with Gasteiger partial charge in [0.25, 0.3) is 0 Å². The molecule has 5 heteroatoms. The molecule has 0 spiro atoms. The number of fused-ring (bicyclic) bond motifs is 1. The van der Waals surface area contributed by atoms with Crippen LogP contribution in [0.1, 0.15) is 50.3 Å². The van der Waals surface area contributed by atoms with E-state index in [0.717, 1.165) is 19.4 Å². The fraction of sp³-hybridized carbons (Fsp3) is 0.625. The molecular formula is C16H26N2O2S. The molecule has 1 aliphatic rings. The third kappa shape index (κ3) is 4.53. The lowest BCUT2D eigenvalue weighted by molar-refractivity contribution is 0.357. The van der Waals surface area contributed by atoms with Gasteiger partial charge in [0.05, 0.1) is 6.26 Å². The van der Waals surface area contributed by atoms with Gasteiger partial charge in [-0.1, -0.05) is 38.1 Å². The van der Waals surface area contributed by atoms with E-state index in [1.54, 1.807) is 0 Å². The zero-order chi connectivity index (χ0) is 15.5. The van der Waals surface area contributed by atoms with Gasteiger partial charge in [0.1, 0.15) is 0 Å². The summed E-state index contributed by atoms with van der Waals surface area (Å²) in [5, 5.41) is 3.57. The summed E-state index contributed by atoms with van der Waals surface area (Å²) in [6.07, 6.45) is 4.29. The van der Waals surface area contributed by atoms with E-state index >= 15 is 0 Å². The van der Waals surface area contributed by atoms with E-state index < -0.39 is 10.0 Å². The molecule has 0 saturated heterocycles. The summed E-state index contributed by atoms with van der Waals surface area (Å²) in [5.41, 5.74) is 3.07. The molecule has 0 aromatic heterocycles. The van der Waals surface area contributed by atoms with Crippen molar-refractivity contribution in [1.29, 1.82) is 0 Å². The van der Waals surface area contributed by atoms with E-state index in [1.807, 2.05) is 0 Å². The Morgan fingerprint density at radius 2 is 1.95 bits per heavy atom. The molecule has 118 valence electrons. The van der Waals surface area contributed by atoms with Crippen LogP contribution in [0.4, 0.5) is 0 Å². The summed E-state index contributed by atoms with van der Waals surface area (Å²) in [6, 6.07) is 9.03. The monoisotopic (exact) mass is 310 g/mol. The molecule has 0 amide bonds. The topological polar surface area (TPSA) is 58.2 Å². The van der Waals surface area contributed by atoms with Gasteiger partial charge in [-0.3, -0.25) is 0 Å². The zero-order valence-corrected chi connectivity index (χ0v) is 14.0. The van der Waals surface area contributed by atoms with Crippen LogP contribution in [0.25, 0.3) is 0 Å². The third-order valence-electron chi connectivity index (χ3n) is 4.23. The Balaban J connectivity index is 1.91. The van der Waals surface area contributed by atoms with Gasteiger partial charge in [0, 0.05) is 12.6 Å². The van der Waals surface area contributed by atoms with Crippen LogP contribution in [0.15, 0.2) is 24.3 Å². The van der Waals surface area contributed by atoms with Crippen molar-refractivity contribution < 1.29 is 8.42 Å². The fourth-order valence-electron chi connectivity index (χ4n) is 3.05. The minimum Gasteiger partial charge on any atom is -0.310 e. The van der Waals surface area contributed by atoms with Crippen molar-refractivity contribution in [2.24, 2.45) is 0 Å². The van der Waals surface area contributed by atoms with Gasteiger partial charge in [0.15, 0.2) is 0 Å². The summed E-state index contributed by atoms with van der Waals surface area (Å²) in [7, 11) is -3.07. The Morgan fingerprint density at radius 1 is 1.24 bits per heavy atom. The fourth-order valence-corrected chi connectivity index (χ4v) is 3.56. The van der Waals surface area contributed by atoms with Crippen LogP contribution in [0, 0.1) is 0 Å². The molecule has 2 N–H and O–H groups in total. The molecule has 2 rings (SSSR count). The molecule has 4 nitrogen and oxygen atoms in total. The van der Waals surface area contributed by atoms with E-state index in [-0.39, 0.29) is 5.41 Å². The SMILES string of the molecule is CC1(C)CCC(NCCCNS(C)(=O)=O)c2ccccc21. The van der Waals surface area contributed by atoms with Gasteiger partial charge in [-0.25, -0.2) is 13.1 Å². The van der Waals surface area contributed by atoms with Crippen molar-refractivity contribution in [3.05, 3.63) is 35.4 Å². The smallest absolute Gasteiger partial charge is 0.208 e. The standard InChI is InChI=1S/C16H26N2O2S/c1-16(2)10-9-15(13-7-4-5-8-14(13)16)17-11-6-12-18-21(3,19)20/h4-5,7-8,15,17-18H,6,9-12H2,1-3H3. The molecule has 1 aliphatic carbocycles. The first kappa shape index (κ1) is 16.5. The summed E-state index contributed by atoms with van der Waals surface area (Å²) in [6.45, 7) is 5.92. The Hall–Kier alpha value is -0.910. The molecule has 1 atom stereocenters. The molecule has 1 unspecified atom stereocenters. The summed E-state index contributed by atoms with van der Waals surface area (Å²) >= 11 is 0. The lowest BCUT2D eigenvalue weighted by atomic mass is 9.71. The maximum Gasteiger partial charge on any atom is 0.208 e. The first-order valence-corrected chi connectivity index (χ1v) is 9.46. The Bertz CT molecular complexity index is 582. The predicted molar refractivity (Wildman–Crippen MR) is 86.9 cm³/mol. The van der Waals surface area contributed by atoms with Crippen molar-refractivity contribution in [2.75, 3.05) is 19.3 Å². The first-order chi connectivity index (χ1) is 9.80. The number of hydrogen-bond donors (Lipinski definition) is 2. The van der Waals surface area contributed by atoms with Crippen LogP contribution in [0.5, 0.6) is 0 Å². The zero-order valence-electron chi connectivity index (χ0n) is 13.1. The maximum absolute atomic E-state index is 11.0. The summed E-state index contributed by atoms with van der Waals surface area (Å²) in [5.74, 6) is 0. The minimum atomic E-state index is -3.07. The van der Waals surface area contributed by atoms with Crippen LogP contribution in [-0.2, 0) is 15.4 Å². The van der Waals surface area contributed by atoms with Crippen LogP contribution in [0.2, 0.25) is 0 Å². The first-order valence-electron chi connectivity index (χ1n) is 7.57. The van der Waals surface area contributed by atoms with Crippen molar-refractivity contribution in [3.63, 3.8) is 0 Å². The van der Waals surface area contributed by atoms with E-state index in [0.29, 0.717) is 12.6 Å². The van der Waals surface area contributed by atoms with Gasteiger partial charge >= 0.3 is 0 Å². The van der Waals surface area contributed by atoms with Crippen LogP contribution < -0.4 is 10.0 Å². The summed E-state index contributed by atoms with van der Waals surface area (Å²) in [4.78, 5) is 0. The molecular weight excluding hydrogens is 284 g/mol. The minimum absolute atomic E-state index is 0.243. The second-order valence-corrected chi connectivity index (χ2v) is 8.37. The van der Waals surface area contributed by atoms with Crippen LogP contribution in [-0.4, -0.2) is 27.8 Å². The van der Waals surface area contributed by atoms with E-state index in [9.17, 15) is 8.42 Å². The van der Waals surface area contributed by atoms with Crippen LogP contribution in [0.3, 0.4) is 0 Å². The number of nitrogens with one attached hydrogen (secondary N) is 2. The van der Waals surface area contributed by atoms with Crippen molar-refractivity contribution in [3.8, 4) is 0 Å². The third-order valence-corrected chi connectivity index (χ3v) is 4.96. The predicted octanol–water partition coefficient (Wildman–Crippen LogP) is 2.33. The molecule has 0 heterocycles. The molecule has 0 fully saturated rings. The average molecular weight is 310 g/mol. The maximum atomic E-state index is 11.0. The van der Waals surface area contributed by atoms with Gasteiger partial charge in [0.2, 0.25) is 10.0 Å². The van der Waals surface area contributed by atoms with Crippen molar-refractivity contribution in [2.45, 2.75) is 44.6 Å². The molecule has 0 saturated carbocycles. The highest BCUT2D eigenvalue weighted by Crippen LogP contribution is 2.41. The lowest BCUT2D eigenvalue weighted by Gasteiger charge is -2.37. The second-order valence-electron chi connectivity index (χ2n) is 6.54. The molecule has 21 heavy (non-hydrogen) atoms. The van der Waals surface area contributed by atoms with E-state index in [4.69, 9.17) is 0 Å². The van der Waals surface area contributed by atoms with E-state index in [2.05, 4.69) is 48.2 Å². The largest absolute Gasteiger partial charge is 0.310 e. The van der Waals surface area contributed by atoms with Crippen molar-refractivity contribution >= 4 is 10.0 Å². The number of benzene rings is 1. The van der Waals surface area contributed by atoms with Crippen molar-refractivity contribution in [1.82, 2.24) is 10.0 Å². The number of rotatable bonds is 6. The van der Waals surface area contributed by atoms with Gasteiger partial charge in [-0.15, -0.1) is 0 Å². The van der Waals surface area contributed by atoms with Gasteiger partial charge < -0.3 is 5.32 Å². The molecule has 1 aromatic rings. The van der Waals surface area contributed by atoms with Gasteiger partial charge in [-0.05, 0) is 42.3 Å². The Morgan fingerprint density at radius 3 is 2.67 bits per heavy atom. The Kier molecular flexibility index (Phi) is 5.07. The Labute approximate surface area is 128 Å². The number of hydrogen-bond acceptors (Lipinski definition) is 3. The summed E-state index contributed by atoms with van der Waals surface area (Å²) < 4.78 is 24.5. The van der Waals surface area contributed by atoms with E-state index in [1.165, 1.54) is 23.8 Å². The molecule has 0 bridgehead atoms. The highest BCUT2D eigenvalue weighted by atomic mass is 32.2. The average Bonchev–Trinajstić information content (AvgIpc) is 2.40. The molecule has 0 radical (unpaired) electrons. The quantitative estimate of drug-likeness (QED) is 0.793. The lowest BCUT2D eigenvalue weighted by Crippen LogP contribution is -2.34. The molecule has 1 aromatic carbocycles. The number of sulfonamides is 1. The van der Waals surface area contributed by atoms with Gasteiger partial charge in [-0.2, -0.15) is 0 Å². The van der Waals surface area contributed by atoms with Crippen LogP contribution >= 0.6 is 0 Å².